The van der Waals surface area contributed by atoms with Gasteiger partial charge < -0.3 is 15.5 Å². The van der Waals surface area contributed by atoms with E-state index in [0.29, 0.717) is 6.04 Å². The van der Waals surface area contributed by atoms with E-state index >= 15 is 0 Å². The minimum atomic E-state index is 0.349. The molecule has 0 saturated carbocycles. The van der Waals surface area contributed by atoms with Gasteiger partial charge in [0, 0.05) is 36.6 Å². The Morgan fingerprint density at radius 1 is 0.957 bits per heavy atom. The summed E-state index contributed by atoms with van der Waals surface area (Å²) in [6, 6.07) is 10.9. The summed E-state index contributed by atoms with van der Waals surface area (Å²) in [6.45, 7) is 6.52. The van der Waals surface area contributed by atoms with Gasteiger partial charge in [-0.2, -0.15) is 0 Å². The molecular formula is C18H25N5. The highest BCUT2D eigenvalue weighted by Gasteiger charge is 2.10. The molecule has 2 heterocycles. The summed E-state index contributed by atoms with van der Waals surface area (Å²) >= 11 is 0. The minimum absolute atomic E-state index is 0.349. The van der Waals surface area contributed by atoms with E-state index < -0.39 is 0 Å². The van der Waals surface area contributed by atoms with Crippen LogP contribution in [0.5, 0.6) is 0 Å². The van der Waals surface area contributed by atoms with Gasteiger partial charge in [0.1, 0.15) is 18.0 Å². The molecule has 0 radical (unpaired) electrons. The Balaban J connectivity index is 1.66. The first-order chi connectivity index (χ1) is 11.2. The third-order valence-corrected chi connectivity index (χ3v) is 3.96. The highest BCUT2D eigenvalue weighted by atomic mass is 15.1. The molecule has 1 aromatic carbocycles. The van der Waals surface area contributed by atoms with Crippen LogP contribution in [0.4, 0.5) is 23.0 Å². The molecule has 122 valence electrons. The molecule has 5 heteroatoms. The van der Waals surface area contributed by atoms with Gasteiger partial charge in [-0.25, -0.2) is 9.97 Å². The predicted molar refractivity (Wildman–Crippen MR) is 96.6 cm³/mol. The highest BCUT2D eigenvalue weighted by Crippen LogP contribution is 2.23. The first-order valence-corrected chi connectivity index (χ1v) is 8.41. The zero-order valence-electron chi connectivity index (χ0n) is 13.9. The number of aromatic nitrogens is 2. The quantitative estimate of drug-likeness (QED) is 0.873. The predicted octanol–water partition coefficient (Wildman–Crippen LogP) is 4.03. The zero-order valence-corrected chi connectivity index (χ0v) is 13.9. The third kappa shape index (κ3) is 4.34. The fourth-order valence-corrected chi connectivity index (χ4v) is 2.86. The fourth-order valence-electron chi connectivity index (χ4n) is 2.86. The minimum Gasteiger partial charge on any atom is -0.372 e. The van der Waals surface area contributed by atoms with Gasteiger partial charge in [0.15, 0.2) is 0 Å². The number of nitrogens with zero attached hydrogens (tertiary/aromatic N) is 3. The normalized spacial score (nSPS) is 14.8. The molecule has 5 nitrogen and oxygen atoms in total. The van der Waals surface area contributed by atoms with Gasteiger partial charge >= 0.3 is 0 Å². The smallest absolute Gasteiger partial charge is 0.135 e. The van der Waals surface area contributed by atoms with Crippen molar-refractivity contribution in [2.75, 3.05) is 28.6 Å². The van der Waals surface area contributed by atoms with Crippen LogP contribution in [-0.2, 0) is 0 Å². The lowest BCUT2D eigenvalue weighted by Crippen LogP contribution is -2.29. The largest absolute Gasteiger partial charge is 0.372 e. The van der Waals surface area contributed by atoms with Crippen molar-refractivity contribution in [1.29, 1.82) is 0 Å². The Labute approximate surface area is 138 Å². The summed E-state index contributed by atoms with van der Waals surface area (Å²) in [5.41, 5.74) is 2.35. The Bertz CT molecular complexity index is 618. The van der Waals surface area contributed by atoms with Crippen LogP contribution in [0.25, 0.3) is 0 Å². The number of piperidine rings is 1. The molecule has 23 heavy (non-hydrogen) atoms. The molecule has 2 N–H and O–H groups in total. The lowest BCUT2D eigenvalue weighted by molar-refractivity contribution is 0.578. The monoisotopic (exact) mass is 311 g/mol. The van der Waals surface area contributed by atoms with Gasteiger partial charge in [-0.3, -0.25) is 0 Å². The maximum Gasteiger partial charge on any atom is 0.135 e. The molecule has 1 aromatic heterocycles. The second-order valence-corrected chi connectivity index (χ2v) is 6.31. The topological polar surface area (TPSA) is 53.1 Å². The number of nitrogens with one attached hydrogen (secondary N) is 2. The van der Waals surface area contributed by atoms with Crippen molar-refractivity contribution in [2.45, 2.75) is 39.2 Å². The van der Waals surface area contributed by atoms with Gasteiger partial charge in [-0.05, 0) is 57.4 Å². The number of anilines is 4. The van der Waals surface area contributed by atoms with Crippen LogP contribution in [0.3, 0.4) is 0 Å². The molecule has 1 fully saturated rings. The fraction of sp³-hybridized carbons (Fsp3) is 0.444. The average Bonchev–Trinajstić information content (AvgIpc) is 2.56. The number of rotatable bonds is 5. The van der Waals surface area contributed by atoms with E-state index in [-0.39, 0.29) is 0 Å². The highest BCUT2D eigenvalue weighted by molar-refractivity contribution is 5.62. The Hall–Kier alpha value is -2.30. The second-order valence-electron chi connectivity index (χ2n) is 6.31. The maximum atomic E-state index is 4.28. The molecule has 0 unspecified atom stereocenters. The summed E-state index contributed by atoms with van der Waals surface area (Å²) in [4.78, 5) is 11.0. The summed E-state index contributed by atoms with van der Waals surface area (Å²) in [6.07, 6.45) is 5.53. The molecule has 0 spiro atoms. The number of benzene rings is 1. The van der Waals surface area contributed by atoms with Crippen LogP contribution in [0.2, 0.25) is 0 Å². The summed E-state index contributed by atoms with van der Waals surface area (Å²) in [5.74, 6) is 1.64. The maximum absolute atomic E-state index is 4.28. The second kappa shape index (κ2) is 7.31. The van der Waals surface area contributed by atoms with Gasteiger partial charge in [0.2, 0.25) is 0 Å². The van der Waals surface area contributed by atoms with E-state index in [2.05, 4.69) is 63.6 Å². The molecular weight excluding hydrogens is 286 g/mol. The van der Waals surface area contributed by atoms with Crippen molar-refractivity contribution >= 4 is 23.0 Å². The zero-order chi connectivity index (χ0) is 16.1. The van der Waals surface area contributed by atoms with Crippen LogP contribution in [0.15, 0.2) is 36.7 Å². The van der Waals surface area contributed by atoms with Gasteiger partial charge in [0.05, 0.1) is 0 Å². The van der Waals surface area contributed by atoms with Crippen molar-refractivity contribution < 1.29 is 0 Å². The van der Waals surface area contributed by atoms with E-state index in [1.807, 2.05) is 6.07 Å². The summed E-state index contributed by atoms with van der Waals surface area (Å²) in [7, 11) is 0. The number of hydrogen-bond acceptors (Lipinski definition) is 5. The Morgan fingerprint density at radius 2 is 1.65 bits per heavy atom. The lowest BCUT2D eigenvalue weighted by Gasteiger charge is -2.28. The van der Waals surface area contributed by atoms with E-state index in [0.717, 1.165) is 17.3 Å². The molecule has 1 aliphatic rings. The van der Waals surface area contributed by atoms with Gasteiger partial charge in [-0.15, -0.1) is 0 Å². The van der Waals surface area contributed by atoms with E-state index in [1.165, 1.54) is 38.0 Å². The van der Waals surface area contributed by atoms with Crippen molar-refractivity contribution in [3.05, 3.63) is 36.7 Å². The molecule has 0 atom stereocenters. The van der Waals surface area contributed by atoms with E-state index in [4.69, 9.17) is 0 Å². The van der Waals surface area contributed by atoms with Crippen molar-refractivity contribution in [3.8, 4) is 0 Å². The van der Waals surface area contributed by atoms with Crippen LogP contribution in [-0.4, -0.2) is 29.1 Å². The average molecular weight is 311 g/mol. The van der Waals surface area contributed by atoms with E-state index in [9.17, 15) is 0 Å². The van der Waals surface area contributed by atoms with Crippen molar-refractivity contribution in [1.82, 2.24) is 9.97 Å². The molecule has 0 bridgehead atoms. The van der Waals surface area contributed by atoms with Crippen LogP contribution in [0.1, 0.15) is 33.1 Å². The standard InChI is InChI=1S/C18H25N5/c1-14(2)21-17-12-18(20-13-19-17)22-15-6-8-16(9-7-15)23-10-4-3-5-11-23/h6-9,12-14H,3-5,10-11H2,1-2H3,(H2,19,20,21,22). The molecule has 1 saturated heterocycles. The Kier molecular flexibility index (Phi) is 4.95. The number of hydrogen-bond donors (Lipinski definition) is 2. The Morgan fingerprint density at radius 3 is 2.35 bits per heavy atom. The lowest BCUT2D eigenvalue weighted by atomic mass is 10.1. The first-order valence-electron chi connectivity index (χ1n) is 8.41. The summed E-state index contributed by atoms with van der Waals surface area (Å²) in [5, 5.41) is 6.62. The van der Waals surface area contributed by atoms with Crippen LogP contribution >= 0.6 is 0 Å². The summed E-state index contributed by atoms with van der Waals surface area (Å²) < 4.78 is 0. The van der Waals surface area contributed by atoms with Crippen molar-refractivity contribution in [2.24, 2.45) is 0 Å². The molecule has 3 rings (SSSR count). The molecule has 0 amide bonds. The van der Waals surface area contributed by atoms with Crippen LogP contribution < -0.4 is 15.5 Å². The third-order valence-electron chi connectivity index (χ3n) is 3.96. The van der Waals surface area contributed by atoms with Gasteiger partial charge in [0.25, 0.3) is 0 Å². The first kappa shape index (κ1) is 15.6. The van der Waals surface area contributed by atoms with E-state index in [1.54, 1.807) is 6.33 Å². The van der Waals surface area contributed by atoms with Crippen molar-refractivity contribution in [3.63, 3.8) is 0 Å². The molecule has 1 aliphatic heterocycles. The van der Waals surface area contributed by atoms with Crippen LogP contribution in [0, 0.1) is 0 Å². The SMILES string of the molecule is CC(C)Nc1cc(Nc2ccc(N3CCCCC3)cc2)ncn1. The van der Waals surface area contributed by atoms with Gasteiger partial charge in [-0.1, -0.05) is 0 Å². The molecule has 0 aliphatic carbocycles. The molecule has 2 aromatic rings.